The normalized spacial score (nSPS) is 19.9. The number of nitrogens with zero attached hydrogens (tertiary/aromatic N) is 2. The van der Waals surface area contributed by atoms with Crippen LogP contribution in [0.2, 0.25) is 0 Å². The van der Waals surface area contributed by atoms with Gasteiger partial charge in [-0.1, -0.05) is 6.92 Å². The van der Waals surface area contributed by atoms with Crippen LogP contribution >= 0.6 is 0 Å². The van der Waals surface area contributed by atoms with E-state index < -0.39 is 33.7 Å². The Labute approximate surface area is 207 Å². The monoisotopic (exact) mass is 514 g/mol. The number of piperidine rings is 1. The number of nitrogens with one attached hydrogen (secondary N) is 1. The number of hydrogen-bond donors (Lipinski definition) is 3. The van der Waals surface area contributed by atoms with E-state index in [1.165, 1.54) is 36.9 Å². The molecule has 1 saturated heterocycles. The molecular weight excluding hydrogens is 476 g/mol. The summed E-state index contributed by atoms with van der Waals surface area (Å²) in [4.78, 5) is 27.0. The van der Waals surface area contributed by atoms with Crippen LogP contribution < -0.4 is 16.0 Å². The SMILES string of the molecule is COc1ccc(S(=O)(=O)N(CCC(=O)N2CCC(C)CC2N)C(COC(C)(C)C)C(=O)NO)cc1. The lowest BCUT2D eigenvalue weighted by Gasteiger charge is -2.37. The summed E-state index contributed by atoms with van der Waals surface area (Å²) in [6.07, 6.45) is 0.831. The summed E-state index contributed by atoms with van der Waals surface area (Å²) in [5, 5.41) is 9.34. The molecular formula is C23H38N4O7S. The van der Waals surface area contributed by atoms with E-state index in [-0.39, 0.29) is 30.4 Å². The fourth-order valence-corrected chi connectivity index (χ4v) is 5.44. The topological polar surface area (TPSA) is 152 Å². The third kappa shape index (κ3) is 7.87. The summed E-state index contributed by atoms with van der Waals surface area (Å²) in [6.45, 7) is 7.18. The number of sulfonamides is 1. The number of likely N-dealkylation sites (tertiary alicyclic amines) is 1. The number of hydrogen-bond acceptors (Lipinski definition) is 8. The van der Waals surface area contributed by atoms with Gasteiger partial charge in [-0.2, -0.15) is 4.31 Å². The van der Waals surface area contributed by atoms with Gasteiger partial charge in [-0.15, -0.1) is 0 Å². The lowest BCUT2D eigenvalue weighted by Crippen LogP contribution is -2.54. The molecule has 1 aromatic rings. The Morgan fingerprint density at radius 2 is 1.91 bits per heavy atom. The molecule has 4 N–H and O–H groups in total. The average molecular weight is 515 g/mol. The smallest absolute Gasteiger partial charge is 0.264 e. The Hall–Kier alpha value is -2.25. The van der Waals surface area contributed by atoms with Gasteiger partial charge in [0.2, 0.25) is 15.9 Å². The van der Waals surface area contributed by atoms with Crippen LogP contribution in [0.3, 0.4) is 0 Å². The minimum atomic E-state index is -4.27. The molecule has 0 aliphatic carbocycles. The molecule has 0 spiro atoms. The van der Waals surface area contributed by atoms with Crippen LogP contribution in [0.5, 0.6) is 5.75 Å². The van der Waals surface area contributed by atoms with Crippen molar-refractivity contribution in [1.82, 2.24) is 14.7 Å². The standard InChI is InChI=1S/C23H38N4O7S/c1-16-10-12-26(20(24)14-16)21(28)11-13-27(19(22(29)25-30)15-34-23(2,3)4)35(31,32)18-8-6-17(33-5)7-9-18/h6-9,16,19-20,30H,10-15,24H2,1-5H3,(H,25,29). The number of methoxy groups -OCH3 is 1. The van der Waals surface area contributed by atoms with Crippen LogP contribution in [0, 0.1) is 5.92 Å². The van der Waals surface area contributed by atoms with E-state index in [2.05, 4.69) is 6.92 Å². The van der Waals surface area contributed by atoms with E-state index in [0.29, 0.717) is 24.6 Å². The first kappa shape index (κ1) is 29.0. The molecule has 3 unspecified atom stereocenters. The molecule has 0 bridgehead atoms. The highest BCUT2D eigenvalue weighted by atomic mass is 32.2. The molecule has 1 aliphatic rings. The van der Waals surface area contributed by atoms with Crippen molar-refractivity contribution in [1.29, 1.82) is 0 Å². The van der Waals surface area contributed by atoms with E-state index in [0.717, 1.165) is 10.7 Å². The largest absolute Gasteiger partial charge is 0.497 e. The molecule has 0 saturated carbocycles. The van der Waals surface area contributed by atoms with Crippen molar-refractivity contribution in [2.24, 2.45) is 11.7 Å². The maximum atomic E-state index is 13.6. The van der Waals surface area contributed by atoms with Crippen LogP contribution in [0.1, 0.15) is 47.0 Å². The zero-order valence-corrected chi connectivity index (χ0v) is 21.9. The lowest BCUT2D eigenvalue weighted by atomic mass is 9.96. The molecule has 0 radical (unpaired) electrons. The maximum Gasteiger partial charge on any atom is 0.264 e. The molecule has 1 fully saturated rings. The number of ether oxygens (including phenoxy) is 2. The summed E-state index contributed by atoms with van der Waals surface area (Å²) in [5.74, 6) is -0.422. The molecule has 2 rings (SSSR count). The highest BCUT2D eigenvalue weighted by Gasteiger charge is 2.38. The molecule has 1 aromatic carbocycles. The first-order chi connectivity index (χ1) is 16.3. The highest BCUT2D eigenvalue weighted by Crippen LogP contribution is 2.24. The van der Waals surface area contributed by atoms with Crippen molar-refractivity contribution in [3.8, 4) is 5.75 Å². The third-order valence-corrected chi connectivity index (χ3v) is 7.80. The molecule has 0 aromatic heterocycles. The Morgan fingerprint density at radius 1 is 1.29 bits per heavy atom. The zero-order valence-electron chi connectivity index (χ0n) is 21.1. The van der Waals surface area contributed by atoms with Gasteiger partial charge in [0.1, 0.15) is 11.8 Å². The summed E-state index contributed by atoms with van der Waals surface area (Å²) in [6, 6.07) is 4.25. The molecule has 198 valence electrons. The second kappa shape index (κ2) is 12.1. The number of carbonyl (C=O) groups is 2. The first-order valence-corrected chi connectivity index (χ1v) is 13.0. The molecule has 1 aliphatic heterocycles. The molecule has 2 amide bonds. The minimum Gasteiger partial charge on any atom is -0.497 e. The third-order valence-electron chi connectivity index (χ3n) is 5.87. The van der Waals surface area contributed by atoms with Crippen LogP contribution in [-0.2, 0) is 24.3 Å². The Kier molecular flexibility index (Phi) is 10.0. The number of benzene rings is 1. The van der Waals surface area contributed by atoms with Gasteiger partial charge >= 0.3 is 0 Å². The van der Waals surface area contributed by atoms with Crippen molar-refractivity contribution >= 4 is 21.8 Å². The van der Waals surface area contributed by atoms with Crippen molar-refractivity contribution in [3.63, 3.8) is 0 Å². The molecule has 11 nitrogen and oxygen atoms in total. The Bertz CT molecular complexity index is 963. The summed E-state index contributed by atoms with van der Waals surface area (Å²) in [7, 11) is -2.82. The van der Waals surface area contributed by atoms with Crippen LogP contribution in [-0.4, -0.2) is 79.3 Å². The van der Waals surface area contributed by atoms with Gasteiger partial charge in [0.15, 0.2) is 0 Å². The first-order valence-electron chi connectivity index (χ1n) is 11.6. The quantitative estimate of drug-likeness (QED) is 0.312. The minimum absolute atomic E-state index is 0.0965. The Morgan fingerprint density at radius 3 is 2.43 bits per heavy atom. The molecule has 1 heterocycles. The average Bonchev–Trinajstić information content (AvgIpc) is 2.79. The van der Waals surface area contributed by atoms with E-state index in [4.69, 9.17) is 15.2 Å². The summed E-state index contributed by atoms with van der Waals surface area (Å²) >= 11 is 0. The number of nitrogens with two attached hydrogens (primary N) is 1. The van der Waals surface area contributed by atoms with Crippen LogP contribution in [0.15, 0.2) is 29.2 Å². The van der Waals surface area contributed by atoms with E-state index in [1.54, 1.807) is 25.7 Å². The zero-order chi connectivity index (χ0) is 26.4. The predicted octanol–water partition coefficient (Wildman–Crippen LogP) is 1.31. The highest BCUT2D eigenvalue weighted by molar-refractivity contribution is 7.89. The van der Waals surface area contributed by atoms with Gasteiger partial charge < -0.3 is 20.1 Å². The van der Waals surface area contributed by atoms with Gasteiger partial charge in [0.05, 0.1) is 30.4 Å². The van der Waals surface area contributed by atoms with Gasteiger partial charge in [0, 0.05) is 19.5 Å². The van der Waals surface area contributed by atoms with Gasteiger partial charge in [0.25, 0.3) is 5.91 Å². The Balaban J connectivity index is 2.37. The summed E-state index contributed by atoms with van der Waals surface area (Å²) in [5.41, 5.74) is 6.99. The van der Waals surface area contributed by atoms with Crippen molar-refractivity contribution in [3.05, 3.63) is 24.3 Å². The number of hydroxylamine groups is 1. The molecule has 12 heteroatoms. The summed E-state index contributed by atoms with van der Waals surface area (Å²) < 4.78 is 39.0. The van der Waals surface area contributed by atoms with E-state index in [9.17, 15) is 23.2 Å². The van der Waals surface area contributed by atoms with Crippen LogP contribution in [0.4, 0.5) is 0 Å². The fourth-order valence-electron chi connectivity index (χ4n) is 3.86. The lowest BCUT2D eigenvalue weighted by molar-refractivity contribution is -0.139. The maximum absolute atomic E-state index is 13.6. The second-order valence-corrected chi connectivity index (χ2v) is 11.6. The van der Waals surface area contributed by atoms with Crippen molar-refractivity contribution < 1.29 is 32.7 Å². The van der Waals surface area contributed by atoms with E-state index in [1.807, 2.05) is 0 Å². The van der Waals surface area contributed by atoms with Crippen molar-refractivity contribution in [2.75, 3.05) is 26.8 Å². The van der Waals surface area contributed by atoms with Gasteiger partial charge in [-0.05, 0) is 63.8 Å². The van der Waals surface area contributed by atoms with Gasteiger partial charge in [-0.3, -0.25) is 14.8 Å². The molecule has 3 atom stereocenters. The number of amides is 2. The van der Waals surface area contributed by atoms with Crippen LogP contribution in [0.25, 0.3) is 0 Å². The predicted molar refractivity (Wildman–Crippen MR) is 129 cm³/mol. The van der Waals surface area contributed by atoms with E-state index >= 15 is 0 Å². The molecule has 35 heavy (non-hydrogen) atoms. The number of carbonyl (C=O) groups excluding carboxylic acids is 2. The second-order valence-electron chi connectivity index (χ2n) is 9.74. The van der Waals surface area contributed by atoms with Crippen molar-refractivity contribution in [2.45, 2.75) is 69.7 Å². The fraction of sp³-hybridized carbons (Fsp3) is 0.652. The number of rotatable bonds is 10. The van der Waals surface area contributed by atoms with Gasteiger partial charge in [-0.25, -0.2) is 13.9 Å².